The average molecular weight is 313 g/mol. The van der Waals surface area contributed by atoms with E-state index in [0.717, 1.165) is 5.69 Å². The Labute approximate surface area is 134 Å². The van der Waals surface area contributed by atoms with E-state index in [1.165, 1.54) is 4.90 Å². The summed E-state index contributed by atoms with van der Waals surface area (Å²) in [6.07, 6.45) is 3.23. The highest BCUT2D eigenvalue weighted by atomic mass is 16.2. The monoisotopic (exact) mass is 313 g/mol. The zero-order valence-corrected chi connectivity index (χ0v) is 13.1. The van der Waals surface area contributed by atoms with Crippen LogP contribution in [0.3, 0.4) is 0 Å². The van der Waals surface area contributed by atoms with E-state index in [1.54, 1.807) is 38.6 Å². The molecule has 0 aliphatic heterocycles. The maximum absolute atomic E-state index is 12.2. The molecular formula is C16H19N5O2. The van der Waals surface area contributed by atoms with Gasteiger partial charge in [0.05, 0.1) is 24.5 Å². The Balaban J connectivity index is 1.93. The van der Waals surface area contributed by atoms with E-state index < -0.39 is 0 Å². The SMILES string of the molecule is CN(C)C(=O)NCc1cc(C(=O)NCc2ccccn2)ccn1. The topological polar surface area (TPSA) is 87.2 Å². The molecule has 0 unspecified atom stereocenters. The summed E-state index contributed by atoms with van der Waals surface area (Å²) in [6.45, 7) is 0.618. The van der Waals surface area contributed by atoms with Crippen LogP contribution in [0, 0.1) is 0 Å². The van der Waals surface area contributed by atoms with Crippen LogP contribution in [0.2, 0.25) is 0 Å². The molecule has 0 bridgehead atoms. The lowest BCUT2D eigenvalue weighted by Crippen LogP contribution is -2.34. The van der Waals surface area contributed by atoms with Crippen LogP contribution in [0.1, 0.15) is 21.7 Å². The third kappa shape index (κ3) is 5.06. The first-order valence-electron chi connectivity index (χ1n) is 7.14. The molecule has 0 saturated carbocycles. The van der Waals surface area contributed by atoms with Crippen LogP contribution < -0.4 is 10.6 Å². The molecule has 23 heavy (non-hydrogen) atoms. The zero-order chi connectivity index (χ0) is 16.7. The van der Waals surface area contributed by atoms with Gasteiger partial charge in [-0.25, -0.2) is 4.79 Å². The highest BCUT2D eigenvalue weighted by Gasteiger charge is 2.08. The van der Waals surface area contributed by atoms with Crippen molar-refractivity contribution in [3.05, 3.63) is 59.7 Å². The second-order valence-electron chi connectivity index (χ2n) is 5.09. The molecular weight excluding hydrogens is 294 g/mol. The van der Waals surface area contributed by atoms with Crippen molar-refractivity contribution in [2.45, 2.75) is 13.1 Å². The van der Waals surface area contributed by atoms with E-state index in [2.05, 4.69) is 20.6 Å². The van der Waals surface area contributed by atoms with Gasteiger partial charge < -0.3 is 15.5 Å². The standard InChI is InChI=1S/C16H19N5O2/c1-21(2)16(23)20-11-14-9-12(6-8-18-14)15(22)19-10-13-5-3-4-7-17-13/h3-9H,10-11H2,1-2H3,(H,19,22)(H,20,23). The number of hydrogen-bond donors (Lipinski definition) is 2. The van der Waals surface area contributed by atoms with E-state index in [9.17, 15) is 9.59 Å². The van der Waals surface area contributed by atoms with E-state index in [4.69, 9.17) is 0 Å². The molecule has 7 heteroatoms. The van der Waals surface area contributed by atoms with Crippen LogP contribution in [-0.2, 0) is 13.1 Å². The maximum Gasteiger partial charge on any atom is 0.317 e. The average Bonchev–Trinajstić information content (AvgIpc) is 2.58. The molecule has 2 aromatic heterocycles. The van der Waals surface area contributed by atoms with E-state index in [-0.39, 0.29) is 18.5 Å². The highest BCUT2D eigenvalue weighted by molar-refractivity contribution is 5.94. The van der Waals surface area contributed by atoms with Crippen LogP contribution in [0.25, 0.3) is 0 Å². The first-order valence-corrected chi connectivity index (χ1v) is 7.14. The van der Waals surface area contributed by atoms with E-state index in [1.807, 2.05) is 18.2 Å². The molecule has 0 aliphatic rings. The van der Waals surface area contributed by atoms with Crippen molar-refractivity contribution in [2.24, 2.45) is 0 Å². The second-order valence-corrected chi connectivity index (χ2v) is 5.09. The van der Waals surface area contributed by atoms with Crippen LogP contribution >= 0.6 is 0 Å². The third-order valence-corrected chi connectivity index (χ3v) is 3.06. The first kappa shape index (κ1) is 16.4. The lowest BCUT2D eigenvalue weighted by atomic mass is 10.2. The Hall–Kier alpha value is -2.96. The smallest absolute Gasteiger partial charge is 0.317 e. The predicted molar refractivity (Wildman–Crippen MR) is 85.6 cm³/mol. The van der Waals surface area contributed by atoms with Gasteiger partial charge in [0.1, 0.15) is 0 Å². The second kappa shape index (κ2) is 7.88. The molecule has 0 radical (unpaired) electrons. The molecule has 2 heterocycles. The van der Waals surface area contributed by atoms with Crippen molar-refractivity contribution in [3.8, 4) is 0 Å². The van der Waals surface area contributed by atoms with Gasteiger partial charge in [0.25, 0.3) is 5.91 Å². The summed E-state index contributed by atoms with van der Waals surface area (Å²) in [7, 11) is 3.31. The molecule has 0 saturated heterocycles. The zero-order valence-electron chi connectivity index (χ0n) is 13.1. The number of pyridine rings is 2. The number of rotatable bonds is 5. The largest absolute Gasteiger partial charge is 0.346 e. The number of urea groups is 1. The van der Waals surface area contributed by atoms with Gasteiger partial charge in [0, 0.05) is 32.1 Å². The summed E-state index contributed by atoms with van der Waals surface area (Å²) in [5.41, 5.74) is 1.89. The number of amides is 3. The number of nitrogens with one attached hydrogen (secondary N) is 2. The number of carbonyl (C=O) groups is 2. The van der Waals surface area contributed by atoms with Crippen LogP contribution in [0.15, 0.2) is 42.7 Å². The molecule has 120 valence electrons. The number of hydrogen-bond acceptors (Lipinski definition) is 4. The lowest BCUT2D eigenvalue weighted by molar-refractivity contribution is 0.0950. The minimum absolute atomic E-state index is 0.210. The Morgan fingerprint density at radius 1 is 1.00 bits per heavy atom. The third-order valence-electron chi connectivity index (χ3n) is 3.06. The van der Waals surface area contributed by atoms with Crippen molar-refractivity contribution >= 4 is 11.9 Å². The fourth-order valence-corrected chi connectivity index (χ4v) is 1.82. The molecule has 7 nitrogen and oxygen atoms in total. The van der Waals surface area contributed by atoms with Crippen LogP contribution in [-0.4, -0.2) is 40.9 Å². The summed E-state index contributed by atoms with van der Waals surface area (Å²) < 4.78 is 0. The number of carbonyl (C=O) groups excluding carboxylic acids is 2. The van der Waals surface area contributed by atoms with Gasteiger partial charge in [-0.1, -0.05) is 6.07 Å². The molecule has 0 aliphatic carbocycles. The molecule has 2 N–H and O–H groups in total. The fraction of sp³-hybridized carbons (Fsp3) is 0.250. The molecule has 0 spiro atoms. The Kier molecular flexibility index (Phi) is 5.62. The summed E-state index contributed by atoms with van der Waals surface area (Å²) in [6, 6.07) is 8.61. The summed E-state index contributed by atoms with van der Waals surface area (Å²) >= 11 is 0. The quantitative estimate of drug-likeness (QED) is 0.867. The van der Waals surface area contributed by atoms with Gasteiger partial charge in [-0.15, -0.1) is 0 Å². The van der Waals surface area contributed by atoms with Crippen molar-refractivity contribution in [1.82, 2.24) is 25.5 Å². The minimum atomic E-state index is -0.211. The molecule has 0 aromatic carbocycles. The predicted octanol–water partition coefficient (Wildman–Crippen LogP) is 1.18. The maximum atomic E-state index is 12.2. The fourth-order valence-electron chi connectivity index (χ4n) is 1.82. The van der Waals surface area contributed by atoms with Crippen molar-refractivity contribution in [3.63, 3.8) is 0 Å². The Bertz CT molecular complexity index is 673. The molecule has 0 atom stereocenters. The molecule has 2 aromatic rings. The first-order chi connectivity index (χ1) is 11.1. The normalized spacial score (nSPS) is 10.0. The van der Waals surface area contributed by atoms with Gasteiger partial charge in [0.2, 0.25) is 0 Å². The summed E-state index contributed by atoms with van der Waals surface area (Å²) in [4.78, 5) is 33.4. The Morgan fingerprint density at radius 2 is 1.74 bits per heavy atom. The van der Waals surface area contributed by atoms with Gasteiger partial charge in [-0.3, -0.25) is 14.8 Å². The number of nitrogens with zero attached hydrogens (tertiary/aromatic N) is 3. The van der Waals surface area contributed by atoms with E-state index in [0.29, 0.717) is 17.8 Å². The Morgan fingerprint density at radius 3 is 2.43 bits per heavy atom. The molecule has 0 fully saturated rings. The van der Waals surface area contributed by atoms with Gasteiger partial charge in [-0.2, -0.15) is 0 Å². The van der Waals surface area contributed by atoms with Crippen molar-refractivity contribution < 1.29 is 9.59 Å². The highest BCUT2D eigenvalue weighted by Crippen LogP contribution is 2.03. The van der Waals surface area contributed by atoms with Gasteiger partial charge >= 0.3 is 6.03 Å². The summed E-state index contributed by atoms with van der Waals surface area (Å²) in [5.74, 6) is -0.210. The van der Waals surface area contributed by atoms with Crippen molar-refractivity contribution in [2.75, 3.05) is 14.1 Å². The molecule has 3 amide bonds. The van der Waals surface area contributed by atoms with Gasteiger partial charge in [0.15, 0.2) is 0 Å². The lowest BCUT2D eigenvalue weighted by Gasteiger charge is -2.12. The van der Waals surface area contributed by atoms with E-state index >= 15 is 0 Å². The van der Waals surface area contributed by atoms with Gasteiger partial charge in [-0.05, 0) is 24.3 Å². The van der Waals surface area contributed by atoms with Crippen LogP contribution in [0.5, 0.6) is 0 Å². The minimum Gasteiger partial charge on any atom is -0.346 e. The number of aromatic nitrogens is 2. The van der Waals surface area contributed by atoms with Crippen molar-refractivity contribution in [1.29, 1.82) is 0 Å². The summed E-state index contributed by atoms with van der Waals surface area (Å²) in [5, 5.41) is 5.51. The molecule has 2 rings (SSSR count). The van der Waals surface area contributed by atoms with Crippen LogP contribution in [0.4, 0.5) is 4.79 Å².